The van der Waals surface area contributed by atoms with Crippen molar-refractivity contribution in [3.05, 3.63) is 46.9 Å². The molecule has 0 amide bonds. The lowest BCUT2D eigenvalue weighted by Crippen LogP contribution is -2.05. The average Bonchev–Trinajstić information content (AvgIpc) is 2.95. The maximum absolute atomic E-state index is 13.7. The van der Waals surface area contributed by atoms with Gasteiger partial charge in [-0.2, -0.15) is 5.10 Å². The quantitative estimate of drug-likeness (QED) is 0.900. The predicted octanol–water partition coefficient (Wildman–Crippen LogP) is 2.60. The third-order valence-electron chi connectivity index (χ3n) is 3.42. The molecule has 0 aliphatic carbocycles. The van der Waals surface area contributed by atoms with Crippen LogP contribution in [0.5, 0.6) is 0 Å². The Labute approximate surface area is 106 Å². The standard InChI is InChI=1S/C14H16FN3/c1-2-18-14-11(7-8-16-14)13(17-18)9-10-5-3-4-6-12(10)15/h3-6,16H,2,7-9H2,1H3. The minimum atomic E-state index is -0.150. The summed E-state index contributed by atoms with van der Waals surface area (Å²) >= 11 is 0. The first-order valence-electron chi connectivity index (χ1n) is 6.35. The molecule has 1 aromatic heterocycles. The van der Waals surface area contributed by atoms with Crippen LogP contribution in [0, 0.1) is 5.82 Å². The van der Waals surface area contributed by atoms with Crippen molar-refractivity contribution >= 4 is 5.82 Å². The zero-order valence-electron chi connectivity index (χ0n) is 10.4. The number of benzene rings is 1. The van der Waals surface area contributed by atoms with Crippen molar-refractivity contribution < 1.29 is 4.39 Å². The molecule has 1 aromatic carbocycles. The Bertz CT molecular complexity index is 574. The Hall–Kier alpha value is -1.84. The van der Waals surface area contributed by atoms with Crippen LogP contribution >= 0.6 is 0 Å². The monoisotopic (exact) mass is 245 g/mol. The topological polar surface area (TPSA) is 29.9 Å². The number of hydrogen-bond acceptors (Lipinski definition) is 2. The Balaban J connectivity index is 1.96. The van der Waals surface area contributed by atoms with Gasteiger partial charge in [0.25, 0.3) is 0 Å². The second-order valence-corrected chi connectivity index (χ2v) is 4.53. The summed E-state index contributed by atoms with van der Waals surface area (Å²) < 4.78 is 15.6. The smallest absolute Gasteiger partial charge is 0.127 e. The minimum absolute atomic E-state index is 0.150. The number of aryl methyl sites for hydroxylation is 1. The maximum Gasteiger partial charge on any atom is 0.127 e. The van der Waals surface area contributed by atoms with Gasteiger partial charge in [0.05, 0.1) is 5.69 Å². The second-order valence-electron chi connectivity index (χ2n) is 4.53. The molecular formula is C14H16FN3. The minimum Gasteiger partial charge on any atom is -0.370 e. The molecule has 94 valence electrons. The number of rotatable bonds is 3. The van der Waals surface area contributed by atoms with Gasteiger partial charge in [-0.05, 0) is 25.0 Å². The molecule has 0 radical (unpaired) electrons. The Kier molecular flexibility index (Phi) is 2.78. The van der Waals surface area contributed by atoms with Gasteiger partial charge in [0.15, 0.2) is 0 Å². The van der Waals surface area contributed by atoms with E-state index in [-0.39, 0.29) is 5.82 Å². The van der Waals surface area contributed by atoms with Gasteiger partial charge in [0.2, 0.25) is 0 Å². The lowest BCUT2D eigenvalue weighted by atomic mass is 10.1. The summed E-state index contributed by atoms with van der Waals surface area (Å²) in [5, 5.41) is 7.92. The van der Waals surface area contributed by atoms with E-state index in [1.807, 2.05) is 16.8 Å². The van der Waals surface area contributed by atoms with Crippen LogP contribution in [0.3, 0.4) is 0 Å². The van der Waals surface area contributed by atoms with Crippen LogP contribution in [-0.4, -0.2) is 16.3 Å². The summed E-state index contributed by atoms with van der Waals surface area (Å²) in [6, 6.07) is 6.92. The molecule has 1 aliphatic heterocycles. The molecule has 0 atom stereocenters. The normalized spacial score (nSPS) is 13.4. The largest absolute Gasteiger partial charge is 0.370 e. The van der Waals surface area contributed by atoms with Crippen molar-refractivity contribution in [2.24, 2.45) is 0 Å². The zero-order valence-corrected chi connectivity index (χ0v) is 10.4. The fourth-order valence-electron chi connectivity index (χ4n) is 2.51. The molecule has 3 rings (SSSR count). The van der Waals surface area contributed by atoms with Crippen LogP contribution in [0.1, 0.15) is 23.7 Å². The lowest BCUT2D eigenvalue weighted by molar-refractivity contribution is 0.609. The molecular weight excluding hydrogens is 229 g/mol. The third-order valence-corrected chi connectivity index (χ3v) is 3.42. The summed E-state index contributed by atoms with van der Waals surface area (Å²) in [5.74, 6) is 0.965. The molecule has 18 heavy (non-hydrogen) atoms. The van der Waals surface area contributed by atoms with Crippen LogP contribution in [0.2, 0.25) is 0 Å². The van der Waals surface area contributed by atoms with Gasteiger partial charge >= 0.3 is 0 Å². The van der Waals surface area contributed by atoms with Crippen LogP contribution < -0.4 is 5.32 Å². The van der Waals surface area contributed by atoms with E-state index in [0.717, 1.165) is 31.0 Å². The highest BCUT2D eigenvalue weighted by Crippen LogP contribution is 2.27. The molecule has 1 aliphatic rings. The number of nitrogens with zero attached hydrogens (tertiary/aromatic N) is 2. The molecule has 0 fully saturated rings. The molecule has 0 bridgehead atoms. The van der Waals surface area contributed by atoms with E-state index < -0.39 is 0 Å². The molecule has 3 nitrogen and oxygen atoms in total. The first kappa shape index (κ1) is 11.3. The van der Waals surface area contributed by atoms with Crippen LogP contribution in [0.4, 0.5) is 10.2 Å². The fourth-order valence-corrected chi connectivity index (χ4v) is 2.51. The van der Waals surface area contributed by atoms with Crippen molar-refractivity contribution in [3.63, 3.8) is 0 Å². The molecule has 2 heterocycles. The van der Waals surface area contributed by atoms with Crippen molar-refractivity contribution in [2.45, 2.75) is 26.3 Å². The van der Waals surface area contributed by atoms with Gasteiger partial charge in [-0.1, -0.05) is 18.2 Å². The third kappa shape index (κ3) is 1.78. The highest BCUT2D eigenvalue weighted by atomic mass is 19.1. The summed E-state index contributed by atoms with van der Waals surface area (Å²) in [5.41, 5.74) is 2.97. The van der Waals surface area contributed by atoms with Crippen molar-refractivity contribution in [1.29, 1.82) is 0 Å². The van der Waals surface area contributed by atoms with Crippen LogP contribution in [0.15, 0.2) is 24.3 Å². The molecule has 2 aromatic rings. The van der Waals surface area contributed by atoms with Crippen LogP contribution in [0.25, 0.3) is 0 Å². The summed E-state index contributed by atoms with van der Waals surface area (Å²) in [6.07, 6.45) is 1.56. The number of hydrogen-bond donors (Lipinski definition) is 1. The SMILES string of the molecule is CCn1nc(Cc2ccccc2F)c2c1NCC2. The van der Waals surface area contributed by atoms with Gasteiger partial charge < -0.3 is 5.32 Å². The van der Waals surface area contributed by atoms with E-state index >= 15 is 0 Å². The van der Waals surface area contributed by atoms with E-state index in [9.17, 15) is 4.39 Å². The van der Waals surface area contributed by atoms with E-state index in [1.54, 1.807) is 6.07 Å². The summed E-state index contributed by atoms with van der Waals surface area (Å²) in [7, 11) is 0. The van der Waals surface area contributed by atoms with E-state index in [1.165, 1.54) is 11.6 Å². The predicted molar refractivity (Wildman–Crippen MR) is 69.3 cm³/mol. The second kappa shape index (κ2) is 4.44. The maximum atomic E-state index is 13.7. The first-order chi connectivity index (χ1) is 8.79. The van der Waals surface area contributed by atoms with Gasteiger partial charge in [-0.3, -0.25) is 0 Å². The van der Waals surface area contributed by atoms with Gasteiger partial charge in [-0.25, -0.2) is 9.07 Å². The summed E-state index contributed by atoms with van der Waals surface area (Å²) in [6.45, 7) is 3.87. The van der Waals surface area contributed by atoms with Crippen LogP contribution in [-0.2, 0) is 19.4 Å². The highest BCUT2D eigenvalue weighted by molar-refractivity contribution is 5.53. The van der Waals surface area contributed by atoms with Gasteiger partial charge in [0, 0.05) is 25.1 Å². The number of anilines is 1. The van der Waals surface area contributed by atoms with E-state index in [4.69, 9.17) is 0 Å². The molecule has 0 spiro atoms. The number of aromatic nitrogens is 2. The van der Waals surface area contributed by atoms with Crippen molar-refractivity contribution in [1.82, 2.24) is 9.78 Å². The van der Waals surface area contributed by atoms with Crippen molar-refractivity contribution in [3.8, 4) is 0 Å². The number of nitrogens with one attached hydrogen (secondary N) is 1. The molecule has 0 saturated heterocycles. The highest BCUT2D eigenvalue weighted by Gasteiger charge is 2.21. The molecule has 1 N–H and O–H groups in total. The molecule has 0 unspecified atom stereocenters. The summed E-state index contributed by atoms with van der Waals surface area (Å²) in [4.78, 5) is 0. The molecule has 4 heteroatoms. The Morgan fingerprint density at radius 2 is 2.22 bits per heavy atom. The molecule has 0 saturated carbocycles. The number of fused-ring (bicyclic) bond motifs is 1. The number of halogens is 1. The van der Waals surface area contributed by atoms with E-state index in [2.05, 4.69) is 17.3 Å². The van der Waals surface area contributed by atoms with E-state index in [0.29, 0.717) is 12.0 Å². The van der Waals surface area contributed by atoms with Crippen molar-refractivity contribution in [2.75, 3.05) is 11.9 Å². The first-order valence-corrected chi connectivity index (χ1v) is 6.35. The Morgan fingerprint density at radius 3 is 3.00 bits per heavy atom. The fraction of sp³-hybridized carbons (Fsp3) is 0.357. The lowest BCUT2D eigenvalue weighted by Gasteiger charge is -2.02. The Morgan fingerprint density at radius 1 is 1.39 bits per heavy atom. The average molecular weight is 245 g/mol. The van der Waals surface area contributed by atoms with Gasteiger partial charge in [-0.15, -0.1) is 0 Å². The van der Waals surface area contributed by atoms with Gasteiger partial charge in [0.1, 0.15) is 11.6 Å². The zero-order chi connectivity index (χ0) is 12.5.